The van der Waals surface area contributed by atoms with Crippen molar-refractivity contribution < 1.29 is 19.1 Å². The van der Waals surface area contributed by atoms with E-state index < -0.39 is 5.91 Å². The van der Waals surface area contributed by atoms with Gasteiger partial charge in [-0.25, -0.2) is 0 Å². The van der Waals surface area contributed by atoms with Crippen LogP contribution >= 0.6 is 11.3 Å². The molecule has 0 radical (unpaired) electrons. The molecule has 2 amide bonds. The van der Waals surface area contributed by atoms with Gasteiger partial charge in [0, 0.05) is 11.0 Å². The number of benzene rings is 1. The summed E-state index contributed by atoms with van der Waals surface area (Å²) in [5.74, 6) is 0.556. The predicted octanol–water partition coefficient (Wildman–Crippen LogP) is 4.57. The molecule has 0 unspecified atom stereocenters. The van der Waals surface area contributed by atoms with Crippen LogP contribution in [0.1, 0.15) is 59.5 Å². The fourth-order valence-corrected chi connectivity index (χ4v) is 4.72. The normalized spacial score (nSPS) is 12.7. The molecule has 3 rings (SSSR count). The largest absolute Gasteiger partial charge is 0.490 e. The Morgan fingerprint density at radius 2 is 2.03 bits per heavy atom. The van der Waals surface area contributed by atoms with Gasteiger partial charge in [-0.1, -0.05) is 19.4 Å². The first-order chi connectivity index (χ1) is 14.5. The smallest absolute Gasteiger partial charge is 0.251 e. The van der Waals surface area contributed by atoms with Gasteiger partial charge in [-0.2, -0.15) is 0 Å². The van der Waals surface area contributed by atoms with E-state index in [0.29, 0.717) is 35.3 Å². The van der Waals surface area contributed by atoms with E-state index in [4.69, 9.17) is 15.2 Å². The highest BCUT2D eigenvalue weighted by molar-refractivity contribution is 7.17. The van der Waals surface area contributed by atoms with Crippen molar-refractivity contribution in [3.8, 4) is 11.5 Å². The predicted molar refractivity (Wildman–Crippen MR) is 121 cm³/mol. The average Bonchev–Trinajstić information content (AvgIpc) is 3.28. The van der Waals surface area contributed by atoms with Crippen LogP contribution in [0.3, 0.4) is 0 Å². The maximum Gasteiger partial charge on any atom is 0.251 e. The lowest BCUT2D eigenvalue weighted by molar-refractivity contribution is -0.111. The summed E-state index contributed by atoms with van der Waals surface area (Å²) in [6.45, 7) is 5.19. The number of hydrogen-bond donors (Lipinski definition) is 2. The molecule has 1 aromatic heterocycles. The zero-order valence-electron chi connectivity index (χ0n) is 17.5. The van der Waals surface area contributed by atoms with Crippen molar-refractivity contribution in [1.82, 2.24) is 0 Å². The van der Waals surface area contributed by atoms with E-state index in [1.54, 1.807) is 6.08 Å². The summed E-state index contributed by atoms with van der Waals surface area (Å²) in [6.07, 6.45) is 7.98. The molecule has 0 saturated carbocycles. The monoisotopic (exact) mass is 428 g/mol. The number of thiophene rings is 1. The van der Waals surface area contributed by atoms with Gasteiger partial charge in [0.15, 0.2) is 11.5 Å². The number of carbonyl (C=O) groups is 2. The maximum atomic E-state index is 12.4. The highest BCUT2D eigenvalue weighted by Crippen LogP contribution is 2.38. The number of nitrogens with one attached hydrogen (secondary N) is 1. The van der Waals surface area contributed by atoms with Gasteiger partial charge in [-0.15, -0.1) is 11.3 Å². The topological polar surface area (TPSA) is 90.6 Å². The number of rotatable bonds is 10. The molecule has 1 aliphatic rings. The molecule has 160 valence electrons. The molecule has 2 aromatic rings. The van der Waals surface area contributed by atoms with E-state index >= 15 is 0 Å². The third-order valence-corrected chi connectivity index (χ3v) is 6.06. The second-order valence-corrected chi connectivity index (χ2v) is 8.19. The third-order valence-electron chi connectivity index (χ3n) is 4.85. The summed E-state index contributed by atoms with van der Waals surface area (Å²) in [5.41, 5.74) is 7.82. The van der Waals surface area contributed by atoms with Crippen LogP contribution in [0, 0.1) is 0 Å². The molecule has 0 spiro atoms. The number of primary amides is 1. The molecule has 1 aromatic carbocycles. The number of fused-ring (bicyclic) bond motifs is 1. The number of ether oxygens (including phenoxy) is 2. The molecular formula is C23H28N2O4S. The third kappa shape index (κ3) is 5.21. The molecule has 30 heavy (non-hydrogen) atoms. The van der Waals surface area contributed by atoms with E-state index in [2.05, 4.69) is 12.2 Å². The molecule has 0 fully saturated rings. The Hall–Kier alpha value is -2.80. The van der Waals surface area contributed by atoms with E-state index in [0.717, 1.165) is 48.1 Å². The van der Waals surface area contributed by atoms with Crippen LogP contribution in [0.2, 0.25) is 0 Å². The van der Waals surface area contributed by atoms with E-state index in [9.17, 15) is 9.59 Å². The van der Waals surface area contributed by atoms with Gasteiger partial charge in [0.2, 0.25) is 5.91 Å². The lowest BCUT2D eigenvalue weighted by Crippen LogP contribution is -2.16. The number of unbranched alkanes of at least 4 members (excludes halogenated alkanes) is 1. The minimum absolute atomic E-state index is 0.307. The highest BCUT2D eigenvalue weighted by atomic mass is 32.1. The molecule has 0 bridgehead atoms. The van der Waals surface area contributed by atoms with E-state index in [1.807, 2.05) is 25.1 Å². The quantitative estimate of drug-likeness (QED) is 0.429. The second-order valence-electron chi connectivity index (χ2n) is 7.09. The van der Waals surface area contributed by atoms with Crippen molar-refractivity contribution >= 4 is 34.2 Å². The van der Waals surface area contributed by atoms with Crippen molar-refractivity contribution in [2.75, 3.05) is 18.5 Å². The Labute approximate surface area is 181 Å². The molecule has 1 aliphatic carbocycles. The SMILES string of the molecule is CCCCOc1ccc(/C=C/C(=O)Nc2sc3c(c2C(N)=O)CCC3)cc1OCC. The lowest BCUT2D eigenvalue weighted by atomic mass is 10.1. The molecular weight excluding hydrogens is 400 g/mol. The van der Waals surface area contributed by atoms with Crippen LogP contribution in [0.4, 0.5) is 5.00 Å². The Bertz CT molecular complexity index is 949. The van der Waals surface area contributed by atoms with Gasteiger partial charge in [-0.3, -0.25) is 9.59 Å². The zero-order valence-corrected chi connectivity index (χ0v) is 18.3. The highest BCUT2D eigenvalue weighted by Gasteiger charge is 2.25. The summed E-state index contributed by atoms with van der Waals surface area (Å²) in [4.78, 5) is 25.4. The first-order valence-electron chi connectivity index (χ1n) is 10.4. The number of aryl methyl sites for hydroxylation is 1. The number of hydrogen-bond acceptors (Lipinski definition) is 5. The number of carbonyl (C=O) groups excluding carboxylic acids is 2. The van der Waals surface area contributed by atoms with Gasteiger partial charge >= 0.3 is 0 Å². The van der Waals surface area contributed by atoms with Crippen molar-refractivity contribution in [2.24, 2.45) is 5.73 Å². The Kier molecular flexibility index (Phi) is 7.52. The van der Waals surface area contributed by atoms with E-state index in [-0.39, 0.29) is 5.91 Å². The maximum absolute atomic E-state index is 12.4. The summed E-state index contributed by atoms with van der Waals surface area (Å²) in [5, 5.41) is 3.35. The molecule has 6 nitrogen and oxygen atoms in total. The van der Waals surface area contributed by atoms with Crippen LogP contribution < -0.4 is 20.5 Å². The van der Waals surface area contributed by atoms with E-state index in [1.165, 1.54) is 17.4 Å². The Morgan fingerprint density at radius 1 is 1.20 bits per heavy atom. The summed E-state index contributed by atoms with van der Waals surface area (Å²) >= 11 is 1.44. The number of amides is 2. The first kappa shape index (κ1) is 21.9. The number of anilines is 1. The van der Waals surface area contributed by atoms with Crippen LogP contribution in [0.5, 0.6) is 11.5 Å². The van der Waals surface area contributed by atoms with Crippen molar-refractivity contribution in [2.45, 2.75) is 46.0 Å². The summed E-state index contributed by atoms with van der Waals surface area (Å²) in [7, 11) is 0. The Balaban J connectivity index is 1.70. The zero-order chi connectivity index (χ0) is 21.5. The number of nitrogens with two attached hydrogens (primary N) is 1. The van der Waals surface area contributed by atoms with Crippen LogP contribution in [-0.4, -0.2) is 25.0 Å². The molecule has 7 heteroatoms. The molecule has 0 aliphatic heterocycles. The molecule has 0 saturated heterocycles. The average molecular weight is 429 g/mol. The summed E-state index contributed by atoms with van der Waals surface area (Å²) < 4.78 is 11.5. The van der Waals surface area contributed by atoms with Gasteiger partial charge in [0.05, 0.1) is 18.8 Å². The van der Waals surface area contributed by atoms with Crippen molar-refractivity contribution in [1.29, 1.82) is 0 Å². The molecule has 0 atom stereocenters. The molecule has 1 heterocycles. The minimum Gasteiger partial charge on any atom is -0.490 e. The standard InChI is InChI=1S/C23H28N2O4S/c1-3-5-13-29-17-11-9-15(14-18(17)28-4-2)10-12-20(26)25-23-21(22(24)27)16-7-6-8-19(16)30-23/h9-12,14H,3-8,13H2,1-2H3,(H2,24,27)(H,25,26)/b12-10+. The van der Waals surface area contributed by atoms with Gasteiger partial charge in [-0.05, 0) is 61.9 Å². The van der Waals surface area contributed by atoms with Crippen molar-refractivity contribution in [3.05, 3.63) is 45.8 Å². The minimum atomic E-state index is -0.492. The van der Waals surface area contributed by atoms with Gasteiger partial charge in [0.1, 0.15) is 5.00 Å². The van der Waals surface area contributed by atoms with Crippen LogP contribution in [0.25, 0.3) is 6.08 Å². The fourth-order valence-electron chi connectivity index (χ4n) is 3.42. The fraction of sp³-hybridized carbons (Fsp3) is 0.391. The molecule has 3 N–H and O–H groups in total. The second kappa shape index (κ2) is 10.3. The first-order valence-corrected chi connectivity index (χ1v) is 11.2. The summed E-state index contributed by atoms with van der Waals surface area (Å²) in [6, 6.07) is 5.58. The van der Waals surface area contributed by atoms with Crippen LogP contribution in [-0.2, 0) is 17.6 Å². The van der Waals surface area contributed by atoms with Gasteiger partial charge < -0.3 is 20.5 Å². The van der Waals surface area contributed by atoms with Crippen LogP contribution in [0.15, 0.2) is 24.3 Å². The van der Waals surface area contributed by atoms with Gasteiger partial charge in [0.25, 0.3) is 5.91 Å². The lowest BCUT2D eigenvalue weighted by Gasteiger charge is -2.12. The Morgan fingerprint density at radius 3 is 2.77 bits per heavy atom. The van der Waals surface area contributed by atoms with Crippen molar-refractivity contribution in [3.63, 3.8) is 0 Å².